The van der Waals surface area contributed by atoms with Crippen molar-refractivity contribution in [3.63, 3.8) is 0 Å². The molecule has 0 heterocycles. The Kier molecular flexibility index (Phi) is 9.16. The first-order valence-corrected chi connectivity index (χ1v) is 7.91. The van der Waals surface area contributed by atoms with Crippen LogP contribution < -0.4 is 5.32 Å². The standard InChI is InChI=1S/C15H25NS/c1-2-3-4-8-11-16-12-13-17-14-15-9-6-5-7-10-15/h5-7,9-10,16H,2-4,8,11-14H2,1H3. The van der Waals surface area contributed by atoms with Crippen LogP contribution >= 0.6 is 11.8 Å². The molecular formula is C15H25NS. The van der Waals surface area contributed by atoms with E-state index in [9.17, 15) is 0 Å². The van der Waals surface area contributed by atoms with Crippen LogP contribution in [0.3, 0.4) is 0 Å². The summed E-state index contributed by atoms with van der Waals surface area (Å²) in [6.07, 6.45) is 5.41. The highest BCUT2D eigenvalue weighted by Crippen LogP contribution is 2.10. The third-order valence-corrected chi connectivity index (χ3v) is 3.77. The van der Waals surface area contributed by atoms with Crippen LogP contribution in [-0.2, 0) is 5.75 Å². The van der Waals surface area contributed by atoms with Gasteiger partial charge in [0.25, 0.3) is 0 Å². The molecule has 0 unspecified atom stereocenters. The van der Waals surface area contributed by atoms with Crippen LogP contribution in [-0.4, -0.2) is 18.8 Å². The molecule has 2 heteroatoms. The average molecular weight is 251 g/mol. The third kappa shape index (κ3) is 8.28. The maximum Gasteiger partial charge on any atom is 0.0185 e. The lowest BCUT2D eigenvalue weighted by atomic mass is 10.2. The molecule has 1 aromatic carbocycles. The molecule has 0 radical (unpaired) electrons. The van der Waals surface area contributed by atoms with Gasteiger partial charge in [0.1, 0.15) is 0 Å². The summed E-state index contributed by atoms with van der Waals surface area (Å²) in [5, 5.41) is 3.51. The molecule has 1 nitrogen and oxygen atoms in total. The van der Waals surface area contributed by atoms with Crippen molar-refractivity contribution in [2.24, 2.45) is 0 Å². The fourth-order valence-corrected chi connectivity index (χ4v) is 2.57. The second-order valence-electron chi connectivity index (χ2n) is 4.35. The van der Waals surface area contributed by atoms with E-state index in [1.807, 2.05) is 11.8 Å². The monoisotopic (exact) mass is 251 g/mol. The number of benzene rings is 1. The van der Waals surface area contributed by atoms with E-state index >= 15 is 0 Å². The Bertz CT molecular complexity index is 261. The van der Waals surface area contributed by atoms with Crippen molar-refractivity contribution in [3.05, 3.63) is 35.9 Å². The predicted octanol–water partition coefficient (Wildman–Crippen LogP) is 4.09. The highest BCUT2D eigenvalue weighted by molar-refractivity contribution is 7.98. The largest absolute Gasteiger partial charge is 0.316 e. The van der Waals surface area contributed by atoms with E-state index in [1.165, 1.54) is 43.5 Å². The third-order valence-electron chi connectivity index (χ3n) is 2.74. The van der Waals surface area contributed by atoms with Gasteiger partial charge in [-0.05, 0) is 18.5 Å². The zero-order chi connectivity index (χ0) is 12.2. The molecule has 0 aromatic heterocycles. The van der Waals surface area contributed by atoms with E-state index in [2.05, 4.69) is 42.6 Å². The van der Waals surface area contributed by atoms with Gasteiger partial charge in [-0.15, -0.1) is 0 Å². The van der Waals surface area contributed by atoms with Gasteiger partial charge in [0.05, 0.1) is 0 Å². The van der Waals surface area contributed by atoms with E-state index in [1.54, 1.807) is 0 Å². The zero-order valence-corrected chi connectivity index (χ0v) is 11.8. The predicted molar refractivity (Wildman–Crippen MR) is 79.6 cm³/mol. The Morgan fingerprint density at radius 2 is 1.82 bits per heavy atom. The van der Waals surface area contributed by atoms with Crippen LogP contribution in [0.5, 0.6) is 0 Å². The van der Waals surface area contributed by atoms with Gasteiger partial charge in [-0.3, -0.25) is 0 Å². The Hall–Kier alpha value is -0.470. The van der Waals surface area contributed by atoms with Gasteiger partial charge in [-0.2, -0.15) is 11.8 Å². The number of hydrogen-bond donors (Lipinski definition) is 1. The molecule has 1 rings (SSSR count). The molecule has 1 N–H and O–H groups in total. The second-order valence-corrected chi connectivity index (χ2v) is 5.45. The minimum atomic E-state index is 1.14. The summed E-state index contributed by atoms with van der Waals surface area (Å²) in [4.78, 5) is 0. The first-order chi connectivity index (χ1) is 8.43. The maximum atomic E-state index is 3.51. The van der Waals surface area contributed by atoms with Crippen molar-refractivity contribution in [3.8, 4) is 0 Å². The van der Waals surface area contributed by atoms with Crippen LogP contribution in [0.4, 0.5) is 0 Å². The molecule has 0 bridgehead atoms. The summed E-state index contributed by atoms with van der Waals surface area (Å²) in [7, 11) is 0. The first-order valence-electron chi connectivity index (χ1n) is 6.76. The highest BCUT2D eigenvalue weighted by atomic mass is 32.2. The molecule has 0 aliphatic heterocycles. The van der Waals surface area contributed by atoms with Gasteiger partial charge in [0.15, 0.2) is 0 Å². The van der Waals surface area contributed by atoms with Crippen molar-refractivity contribution in [1.82, 2.24) is 5.32 Å². The van der Waals surface area contributed by atoms with Crippen molar-refractivity contribution in [2.75, 3.05) is 18.8 Å². The van der Waals surface area contributed by atoms with Crippen LogP contribution in [0.15, 0.2) is 30.3 Å². The topological polar surface area (TPSA) is 12.0 Å². The lowest BCUT2D eigenvalue weighted by Gasteiger charge is -2.04. The summed E-state index contributed by atoms with van der Waals surface area (Å²) in [5.74, 6) is 2.35. The summed E-state index contributed by atoms with van der Waals surface area (Å²) in [6, 6.07) is 10.7. The van der Waals surface area contributed by atoms with E-state index in [0.717, 1.165) is 12.3 Å². The van der Waals surface area contributed by atoms with Crippen LogP contribution in [0.2, 0.25) is 0 Å². The SMILES string of the molecule is CCCCCCNCCSCc1ccccc1. The van der Waals surface area contributed by atoms with Gasteiger partial charge in [-0.25, -0.2) is 0 Å². The van der Waals surface area contributed by atoms with Gasteiger partial charge >= 0.3 is 0 Å². The number of thioether (sulfide) groups is 1. The zero-order valence-electron chi connectivity index (χ0n) is 11.0. The normalized spacial score (nSPS) is 10.6. The van der Waals surface area contributed by atoms with Crippen LogP contribution in [0, 0.1) is 0 Å². The van der Waals surface area contributed by atoms with Crippen molar-refractivity contribution in [2.45, 2.75) is 38.4 Å². The molecule has 0 atom stereocenters. The number of hydrogen-bond acceptors (Lipinski definition) is 2. The molecule has 0 amide bonds. The van der Waals surface area contributed by atoms with Gasteiger partial charge in [0, 0.05) is 18.1 Å². The van der Waals surface area contributed by atoms with Gasteiger partial charge < -0.3 is 5.32 Å². The Labute approximate surface area is 110 Å². The minimum absolute atomic E-state index is 1.14. The van der Waals surface area contributed by atoms with Gasteiger partial charge in [-0.1, -0.05) is 56.5 Å². The summed E-state index contributed by atoms with van der Waals surface area (Å²) in [6.45, 7) is 4.59. The van der Waals surface area contributed by atoms with E-state index in [0.29, 0.717) is 0 Å². The highest BCUT2D eigenvalue weighted by Gasteiger charge is 1.92. The molecule has 96 valence electrons. The fraction of sp³-hybridized carbons (Fsp3) is 0.600. The second kappa shape index (κ2) is 10.7. The Morgan fingerprint density at radius 1 is 1.00 bits per heavy atom. The molecule has 0 spiro atoms. The van der Waals surface area contributed by atoms with Gasteiger partial charge in [0.2, 0.25) is 0 Å². The average Bonchev–Trinajstić information content (AvgIpc) is 2.38. The Morgan fingerprint density at radius 3 is 2.59 bits per heavy atom. The molecule has 0 aliphatic carbocycles. The minimum Gasteiger partial charge on any atom is -0.316 e. The van der Waals surface area contributed by atoms with E-state index in [-0.39, 0.29) is 0 Å². The molecule has 0 saturated heterocycles. The number of unbranched alkanes of at least 4 members (excludes halogenated alkanes) is 3. The molecule has 17 heavy (non-hydrogen) atoms. The van der Waals surface area contributed by atoms with Crippen molar-refractivity contribution < 1.29 is 0 Å². The molecule has 1 aromatic rings. The van der Waals surface area contributed by atoms with Crippen molar-refractivity contribution >= 4 is 11.8 Å². The summed E-state index contributed by atoms with van der Waals surface area (Å²) >= 11 is 2.01. The quantitative estimate of drug-likeness (QED) is 0.629. The molecule has 0 fully saturated rings. The number of rotatable bonds is 10. The maximum absolute atomic E-state index is 3.51. The van der Waals surface area contributed by atoms with Crippen LogP contribution in [0.1, 0.15) is 38.2 Å². The lowest BCUT2D eigenvalue weighted by molar-refractivity contribution is 0.613. The molecule has 0 saturated carbocycles. The number of nitrogens with one attached hydrogen (secondary N) is 1. The molecular weight excluding hydrogens is 226 g/mol. The van der Waals surface area contributed by atoms with Crippen LogP contribution in [0.25, 0.3) is 0 Å². The first kappa shape index (κ1) is 14.6. The fourth-order valence-electron chi connectivity index (χ4n) is 1.71. The lowest BCUT2D eigenvalue weighted by Crippen LogP contribution is -2.18. The van der Waals surface area contributed by atoms with Crippen molar-refractivity contribution in [1.29, 1.82) is 0 Å². The van der Waals surface area contributed by atoms with E-state index < -0.39 is 0 Å². The smallest absolute Gasteiger partial charge is 0.0185 e. The summed E-state index contributed by atoms with van der Waals surface area (Å²) < 4.78 is 0. The summed E-state index contributed by atoms with van der Waals surface area (Å²) in [5.41, 5.74) is 1.43. The van der Waals surface area contributed by atoms with E-state index in [4.69, 9.17) is 0 Å². The Balaban J connectivity index is 1.85. The molecule has 0 aliphatic rings.